The molecule has 0 heterocycles. The fraction of sp³-hybridized carbons (Fsp3) is 0. The Morgan fingerprint density at radius 3 is 0.909 bits per heavy atom. The summed E-state index contributed by atoms with van der Waals surface area (Å²) in [4.78, 5) is 16.5. The van der Waals surface area contributed by atoms with E-state index < -0.39 is 10.2 Å². The smallest absolute Gasteiger partial charge is 1.00 e. The molecule has 11 heteroatoms. The molecule has 0 fully saturated rings. The van der Waals surface area contributed by atoms with E-state index in [1.807, 2.05) is 0 Å². The number of nitrogens with zero attached hydrogens (tertiary/aromatic N) is 2. The van der Waals surface area contributed by atoms with Gasteiger partial charge in [-0.3, -0.25) is 0 Å². The van der Waals surface area contributed by atoms with Crippen LogP contribution in [0.2, 0.25) is 0 Å². The maximum Gasteiger partial charge on any atom is 2.00 e. The monoisotopic (exact) mass is 562 g/mol. The summed E-state index contributed by atoms with van der Waals surface area (Å²) in [7, 11) is 0. The standard InChI is InChI=1S/Ba.2NO3.Pb.Sr.4H/c;2*2-1(3)4;;;;;;/q+2;2*-1;2*+2;4*-1. The Balaban J connectivity index is -0.00000000468. The summed E-state index contributed by atoms with van der Waals surface area (Å²) in [6, 6.07) is 0. The van der Waals surface area contributed by atoms with Gasteiger partial charge in [-0.15, -0.1) is 0 Å². The molecule has 8 nitrogen and oxygen atoms in total. The van der Waals surface area contributed by atoms with Crippen molar-refractivity contribution in [2.24, 2.45) is 0 Å². The van der Waals surface area contributed by atoms with Crippen LogP contribution in [0.3, 0.4) is 0 Å². The molecule has 0 saturated heterocycles. The average Bonchev–Trinajstić information content (AvgIpc) is 1.25. The molecule has 11 heavy (non-hydrogen) atoms. The predicted octanol–water partition coefficient (Wildman–Crippen LogP) is -1.17. The molecule has 0 aromatic heterocycles. The van der Waals surface area contributed by atoms with Crippen molar-refractivity contribution < 1.29 is 15.9 Å². The quantitative estimate of drug-likeness (QED) is 0.209. The van der Waals surface area contributed by atoms with E-state index in [9.17, 15) is 0 Å². The molecule has 0 aromatic rings. The number of hydrogen-bond donors (Lipinski definition) is 0. The molecule has 0 bridgehead atoms. The minimum absolute atomic E-state index is 0. The summed E-state index contributed by atoms with van der Waals surface area (Å²) in [5.74, 6) is 0. The SMILES string of the molecule is O=[N+]([O-])[O-].O=[N+]([O-])[O-].[Ba+2].[H-].[H-].[H-].[H-].[Pb+2].[Sr+2]. The van der Waals surface area contributed by atoms with Gasteiger partial charge in [0.2, 0.25) is 0 Å². The molecule has 0 rings (SSSR count). The van der Waals surface area contributed by atoms with Gasteiger partial charge in [0, 0.05) is 0 Å². The van der Waals surface area contributed by atoms with Crippen LogP contribution in [0.4, 0.5) is 0 Å². The maximum atomic E-state index is 8.25. The van der Waals surface area contributed by atoms with E-state index in [2.05, 4.69) is 0 Å². The van der Waals surface area contributed by atoms with Crippen LogP contribution in [0.1, 0.15) is 5.71 Å². The molecule has 58 valence electrons. The average molecular weight is 560 g/mol. The molecule has 0 aliphatic rings. The number of rotatable bonds is 0. The molecule has 0 aliphatic carbocycles. The van der Waals surface area contributed by atoms with Crippen molar-refractivity contribution in [3.63, 3.8) is 0 Å². The zero-order valence-electron chi connectivity index (χ0n) is 9.26. The Morgan fingerprint density at radius 1 is 0.909 bits per heavy atom. The third-order valence-corrected chi connectivity index (χ3v) is 0. The molecule has 0 amide bonds. The minimum atomic E-state index is -1.75. The van der Waals surface area contributed by atoms with E-state index in [0.717, 1.165) is 0 Å². The summed E-state index contributed by atoms with van der Waals surface area (Å²) in [6.07, 6.45) is 0. The molecule has 0 unspecified atom stereocenters. The van der Waals surface area contributed by atoms with Gasteiger partial charge in [-0.1, -0.05) is 0 Å². The summed E-state index contributed by atoms with van der Waals surface area (Å²) in [6.45, 7) is 0. The predicted molar refractivity (Wildman–Crippen MR) is 42.4 cm³/mol. The van der Waals surface area contributed by atoms with Gasteiger partial charge < -0.3 is 36.3 Å². The van der Waals surface area contributed by atoms with E-state index in [1.165, 1.54) is 0 Å². The van der Waals surface area contributed by atoms with Gasteiger partial charge in [-0.25, -0.2) is 0 Å². The van der Waals surface area contributed by atoms with Crippen molar-refractivity contribution in [3.8, 4) is 0 Å². The van der Waals surface area contributed by atoms with Crippen LogP contribution in [-0.2, 0) is 0 Å². The summed E-state index contributed by atoms with van der Waals surface area (Å²) < 4.78 is 0. The van der Waals surface area contributed by atoms with Crippen LogP contribution in [0.5, 0.6) is 0 Å². The van der Waals surface area contributed by atoms with E-state index in [4.69, 9.17) is 30.6 Å². The second-order valence-corrected chi connectivity index (χ2v) is 0.447. The fourth-order valence-electron chi connectivity index (χ4n) is 0. The molecule has 0 atom stereocenters. The second kappa shape index (κ2) is 22.8. The van der Waals surface area contributed by atoms with Gasteiger partial charge in [0.05, 0.1) is 10.2 Å². The summed E-state index contributed by atoms with van der Waals surface area (Å²) in [5.41, 5.74) is 0. The molecule has 0 aliphatic heterocycles. The first-order valence-corrected chi connectivity index (χ1v) is 1.10. The first kappa shape index (κ1) is 29.2. The van der Waals surface area contributed by atoms with Gasteiger partial charge in [0.25, 0.3) is 0 Å². The van der Waals surface area contributed by atoms with Gasteiger partial charge in [0.15, 0.2) is 0 Å². The zero-order chi connectivity index (χ0) is 7.15. The van der Waals surface area contributed by atoms with E-state index in [0.29, 0.717) is 0 Å². The van der Waals surface area contributed by atoms with Crippen LogP contribution in [0.15, 0.2) is 0 Å². The Hall–Kier alpha value is 2.37. The number of hydrogen-bond acceptors (Lipinski definition) is 6. The van der Waals surface area contributed by atoms with Gasteiger partial charge in [-0.05, 0) is 0 Å². The molecule has 2 radical (unpaired) electrons. The van der Waals surface area contributed by atoms with Crippen molar-refractivity contribution >= 4 is 122 Å². The van der Waals surface area contributed by atoms with Crippen LogP contribution >= 0.6 is 0 Å². The molecule has 0 saturated carbocycles. The summed E-state index contributed by atoms with van der Waals surface area (Å²) >= 11 is 0. The molecular weight excluding hydrogens is 556 g/mol. The molecule has 0 N–H and O–H groups in total. The van der Waals surface area contributed by atoms with Crippen molar-refractivity contribution in [1.82, 2.24) is 0 Å². The Morgan fingerprint density at radius 2 is 0.909 bits per heavy atom. The van der Waals surface area contributed by atoms with E-state index in [-0.39, 0.29) is 127 Å². The molecular formula is H4BaN2O6PbSr. The first-order valence-electron chi connectivity index (χ1n) is 1.10. The van der Waals surface area contributed by atoms with Crippen LogP contribution in [0.25, 0.3) is 0 Å². The zero-order valence-corrected chi connectivity index (χ0v) is 17.1. The van der Waals surface area contributed by atoms with Crippen molar-refractivity contribution in [1.29, 1.82) is 0 Å². The van der Waals surface area contributed by atoms with Crippen molar-refractivity contribution in [3.05, 3.63) is 30.6 Å². The minimum Gasteiger partial charge on any atom is -1.00 e. The van der Waals surface area contributed by atoms with Crippen molar-refractivity contribution in [2.45, 2.75) is 0 Å². The Kier molecular flexibility index (Phi) is 60.6. The molecule has 0 spiro atoms. The van der Waals surface area contributed by atoms with Gasteiger partial charge >= 0.3 is 122 Å². The van der Waals surface area contributed by atoms with Gasteiger partial charge in [-0.2, -0.15) is 0 Å². The van der Waals surface area contributed by atoms with Crippen LogP contribution in [-0.4, -0.2) is 132 Å². The van der Waals surface area contributed by atoms with Crippen LogP contribution < -0.4 is 0 Å². The third-order valence-electron chi connectivity index (χ3n) is 0. The largest absolute Gasteiger partial charge is 2.00 e. The third kappa shape index (κ3) is 236. The summed E-state index contributed by atoms with van der Waals surface area (Å²) in [5, 5.41) is 29.5. The van der Waals surface area contributed by atoms with Crippen molar-refractivity contribution in [2.75, 3.05) is 0 Å². The topological polar surface area (TPSA) is 132 Å². The first-order chi connectivity index (χ1) is 3.46. The van der Waals surface area contributed by atoms with E-state index >= 15 is 0 Å². The van der Waals surface area contributed by atoms with Gasteiger partial charge in [0.1, 0.15) is 0 Å². The fourth-order valence-corrected chi connectivity index (χ4v) is 0. The maximum absolute atomic E-state index is 8.25. The van der Waals surface area contributed by atoms with E-state index in [1.54, 1.807) is 0 Å². The Labute approximate surface area is 164 Å². The van der Waals surface area contributed by atoms with Crippen LogP contribution in [0, 0.1) is 30.6 Å². The normalized spacial score (nSPS) is 4.36. The second-order valence-electron chi connectivity index (χ2n) is 0.447. The Bertz CT molecular complexity index is 91.1. The molecule has 0 aromatic carbocycles.